The third-order valence-corrected chi connectivity index (χ3v) is 5.79. The molecule has 30 valence electrons. The predicted octanol–water partition coefficient (Wildman–Crippen LogP) is -1.75. The summed E-state index contributed by atoms with van der Waals surface area (Å²) in [6, 6.07) is 0. The van der Waals surface area contributed by atoms with E-state index in [9.17, 15) is 0 Å². The van der Waals surface area contributed by atoms with Crippen LogP contribution in [0.25, 0.3) is 0 Å². The molecule has 0 aromatic carbocycles. The first kappa shape index (κ1) is 15.9. The van der Waals surface area contributed by atoms with E-state index in [0.717, 1.165) is 0 Å². The summed E-state index contributed by atoms with van der Waals surface area (Å²) in [5.74, 6) is 0. The standard InChI is InChI=1S/3Al.2ClH.Li.6H/h;;;2*1H;;;;;;;/q;2*+1;;;;;;;;;/p-2. The normalized spacial score (nSPS) is 3.67. The molecule has 0 aromatic rings. The summed E-state index contributed by atoms with van der Waals surface area (Å²) >= 11 is -0.398. The van der Waals surface area contributed by atoms with Crippen LogP contribution in [0.5, 0.6) is 0 Å². The molecule has 0 spiro atoms. The first-order valence-corrected chi connectivity index (χ1v) is 9.31. The van der Waals surface area contributed by atoms with Gasteiger partial charge in [0.25, 0.3) is 0 Å². The van der Waals surface area contributed by atoms with Crippen LogP contribution in [-0.4, -0.2) is 61.0 Å². The molecule has 0 unspecified atom stereocenters. The Balaban J connectivity index is -0.0000000450. The van der Waals surface area contributed by atoms with E-state index in [1.807, 2.05) is 0 Å². The Hall–Kier alpha value is 2.77. The van der Waals surface area contributed by atoms with Gasteiger partial charge in [-0.2, -0.15) is 0 Å². The summed E-state index contributed by atoms with van der Waals surface area (Å²) in [5, 5.41) is 0. The zero-order valence-electron chi connectivity index (χ0n) is 2.17. The van der Waals surface area contributed by atoms with Crippen molar-refractivity contribution in [3.05, 3.63) is 0 Å². The molecule has 0 aliphatic carbocycles. The Bertz CT molecular complexity index is 10.8. The second-order valence-electron chi connectivity index (χ2n) is 0.378. The summed E-state index contributed by atoms with van der Waals surface area (Å²) in [5.41, 5.74) is 0. The van der Waals surface area contributed by atoms with E-state index in [4.69, 9.17) is 20.1 Å². The molecule has 0 atom stereocenters. The Morgan fingerprint density at radius 2 is 1.17 bits per heavy atom. The fourth-order valence-corrected chi connectivity index (χ4v) is 0. The molecule has 0 bridgehead atoms. The molecule has 0 rings (SSSR count). The zero-order valence-corrected chi connectivity index (χ0v) is 6.51. The van der Waals surface area contributed by atoms with Crippen molar-refractivity contribution < 1.29 is 0 Å². The van der Waals surface area contributed by atoms with Gasteiger partial charge in [-0.1, -0.05) is 0 Å². The molecule has 6 heteroatoms. The van der Waals surface area contributed by atoms with Gasteiger partial charge in [0.2, 0.25) is 0 Å². The van der Waals surface area contributed by atoms with Crippen LogP contribution in [0.2, 0.25) is 0 Å². The summed E-state index contributed by atoms with van der Waals surface area (Å²) < 4.78 is 0. The van der Waals surface area contributed by atoms with Gasteiger partial charge in [-0.25, -0.2) is 0 Å². The van der Waals surface area contributed by atoms with Crippen molar-refractivity contribution in [2.24, 2.45) is 0 Å². The van der Waals surface area contributed by atoms with E-state index in [-0.39, 0.29) is 61.0 Å². The second kappa shape index (κ2) is 15.7. The number of rotatable bonds is 1. The van der Waals surface area contributed by atoms with Crippen LogP contribution in [0.15, 0.2) is 0 Å². The molecule has 0 saturated heterocycles. The Morgan fingerprint density at radius 1 is 1.00 bits per heavy atom. The molecule has 0 saturated carbocycles. The number of hydrogen-bond donors (Lipinski definition) is 0. The van der Waals surface area contributed by atoms with Crippen LogP contribution in [0.3, 0.4) is 0 Å². The molecule has 0 radical (unpaired) electrons. The fraction of sp³-hybridized carbons (Fsp3) is 0. The van der Waals surface area contributed by atoms with E-state index in [0.29, 0.717) is 0 Å². The minimum atomic E-state index is -0.199. The Labute approximate surface area is 79.9 Å². The first-order valence-electron chi connectivity index (χ1n) is 1.03. The zero-order chi connectivity index (χ0) is 3.41. The van der Waals surface area contributed by atoms with Crippen molar-refractivity contribution in [2.75, 3.05) is 0 Å². The molecule has 0 amide bonds. The van der Waals surface area contributed by atoms with Crippen molar-refractivity contribution in [3.8, 4) is 0 Å². The van der Waals surface area contributed by atoms with Gasteiger partial charge in [-0.05, 0) is 0 Å². The van der Waals surface area contributed by atoms with Gasteiger partial charge in [0.1, 0.15) is 0 Å². The molecule has 0 aliphatic rings. The molecule has 0 aromatic heterocycles. The predicted molar refractivity (Wildman–Crippen MR) is 43.1 cm³/mol. The van der Waals surface area contributed by atoms with Gasteiger partial charge >= 0.3 is 43.6 Å². The SMILES string of the molecule is [AlH3].[Cl][AlH][AlH][Cl].[LiH]. The van der Waals surface area contributed by atoms with Crippen molar-refractivity contribution in [1.82, 2.24) is 0 Å². The summed E-state index contributed by atoms with van der Waals surface area (Å²) in [6.45, 7) is 0. The molecule has 6 heavy (non-hydrogen) atoms. The van der Waals surface area contributed by atoms with Crippen LogP contribution in [0.1, 0.15) is 0 Å². The van der Waals surface area contributed by atoms with E-state index in [2.05, 4.69) is 0 Å². The van der Waals surface area contributed by atoms with E-state index in [1.165, 1.54) is 0 Å². The second-order valence-corrected chi connectivity index (χ2v) is 10.2. The van der Waals surface area contributed by atoms with Crippen molar-refractivity contribution >= 4 is 81.1 Å². The van der Waals surface area contributed by atoms with Gasteiger partial charge in [-0.15, -0.1) is 0 Å². The van der Waals surface area contributed by atoms with E-state index in [1.54, 1.807) is 0 Å². The molecule has 0 heterocycles. The topological polar surface area (TPSA) is 0 Å². The Kier molecular flexibility index (Phi) is 41.5. The molecule has 0 fully saturated rings. The third-order valence-electron chi connectivity index (χ3n) is 0.0714. The van der Waals surface area contributed by atoms with E-state index < -0.39 is 0 Å². The molecular weight excluding hydrogens is 159 g/mol. The van der Waals surface area contributed by atoms with Gasteiger partial charge in [0.05, 0.1) is 0 Å². The van der Waals surface area contributed by atoms with Crippen molar-refractivity contribution in [3.63, 3.8) is 0 Å². The summed E-state index contributed by atoms with van der Waals surface area (Å²) in [6.07, 6.45) is 0. The van der Waals surface area contributed by atoms with Crippen LogP contribution in [0, 0.1) is 0 Å². The van der Waals surface area contributed by atoms with Gasteiger partial charge in [-0.3, -0.25) is 20.1 Å². The van der Waals surface area contributed by atoms with Gasteiger partial charge < -0.3 is 0 Å². The number of hydrogen-bond acceptors (Lipinski definition) is 0. The van der Waals surface area contributed by atoms with Crippen LogP contribution >= 0.6 is 20.1 Å². The maximum absolute atomic E-state index is 5.25. The average Bonchev–Trinajstić information content (AvgIpc) is 1.37. The van der Waals surface area contributed by atoms with Gasteiger partial charge in [0.15, 0.2) is 17.4 Å². The van der Waals surface area contributed by atoms with Crippen molar-refractivity contribution in [1.29, 1.82) is 0 Å². The van der Waals surface area contributed by atoms with Crippen LogP contribution in [0.4, 0.5) is 0 Å². The summed E-state index contributed by atoms with van der Waals surface area (Å²) in [4.78, 5) is 0. The number of halogens is 2. The van der Waals surface area contributed by atoms with Crippen LogP contribution in [-0.2, 0) is 0 Å². The summed E-state index contributed by atoms with van der Waals surface area (Å²) in [7, 11) is 10.5. The first-order chi connectivity index (χ1) is 1.91. The minimum absolute atomic E-state index is 0. The molecule has 0 aliphatic heterocycles. The van der Waals surface area contributed by atoms with Crippen molar-refractivity contribution in [2.45, 2.75) is 0 Å². The monoisotopic (exact) mass is 164 g/mol. The molecule has 0 N–H and O–H groups in total. The molecular formula is H6Al3Cl2Li. The average molecular weight is 165 g/mol. The van der Waals surface area contributed by atoms with E-state index >= 15 is 0 Å². The fourth-order valence-electron chi connectivity index (χ4n) is 0. The third kappa shape index (κ3) is 15.9. The van der Waals surface area contributed by atoms with Crippen LogP contribution < -0.4 is 0 Å². The molecule has 0 nitrogen and oxygen atoms in total. The Morgan fingerprint density at radius 3 is 1.17 bits per heavy atom. The van der Waals surface area contributed by atoms with Gasteiger partial charge in [0, 0.05) is 0 Å². The quantitative estimate of drug-likeness (QED) is 0.404. The maximum atomic E-state index is 5.25.